The SMILES string of the molecule is CCC(O)CCNC(=O)Nc1ccccc1Cn1cncn1. The molecular weight excluding hydrogens is 282 g/mol. The number of nitrogens with one attached hydrogen (secondary N) is 2. The van der Waals surface area contributed by atoms with E-state index in [1.807, 2.05) is 31.2 Å². The predicted octanol–water partition coefficient (Wildman–Crippen LogP) is 1.61. The fourth-order valence-electron chi connectivity index (χ4n) is 1.99. The Bertz CT molecular complexity index is 585. The molecule has 7 heteroatoms. The van der Waals surface area contributed by atoms with E-state index in [1.165, 1.54) is 6.33 Å². The van der Waals surface area contributed by atoms with E-state index in [-0.39, 0.29) is 12.1 Å². The van der Waals surface area contributed by atoms with Crippen LogP contribution in [0.15, 0.2) is 36.9 Å². The molecule has 1 aromatic carbocycles. The normalized spacial score (nSPS) is 11.9. The number of benzene rings is 1. The third-order valence-electron chi connectivity index (χ3n) is 3.30. The van der Waals surface area contributed by atoms with Gasteiger partial charge in [-0.2, -0.15) is 5.10 Å². The maximum Gasteiger partial charge on any atom is 0.319 e. The highest BCUT2D eigenvalue weighted by atomic mass is 16.3. The molecule has 1 aromatic heterocycles. The van der Waals surface area contributed by atoms with Crippen LogP contribution in [0.1, 0.15) is 25.3 Å². The van der Waals surface area contributed by atoms with Gasteiger partial charge < -0.3 is 15.7 Å². The van der Waals surface area contributed by atoms with Crippen molar-refractivity contribution in [3.63, 3.8) is 0 Å². The lowest BCUT2D eigenvalue weighted by molar-refractivity contribution is 0.160. The van der Waals surface area contributed by atoms with Crippen LogP contribution in [-0.4, -0.2) is 38.6 Å². The minimum atomic E-state index is -0.375. The number of urea groups is 1. The topological polar surface area (TPSA) is 92.1 Å². The van der Waals surface area contributed by atoms with Gasteiger partial charge in [0.1, 0.15) is 12.7 Å². The molecule has 2 rings (SSSR count). The lowest BCUT2D eigenvalue weighted by Crippen LogP contribution is -2.31. The third-order valence-corrected chi connectivity index (χ3v) is 3.30. The summed E-state index contributed by atoms with van der Waals surface area (Å²) in [5, 5.41) is 19.1. The number of nitrogens with zero attached hydrogens (tertiary/aromatic N) is 3. The summed E-state index contributed by atoms with van der Waals surface area (Å²) in [7, 11) is 0. The van der Waals surface area contributed by atoms with Crippen molar-refractivity contribution >= 4 is 11.7 Å². The Morgan fingerprint density at radius 3 is 2.95 bits per heavy atom. The second kappa shape index (κ2) is 8.14. The number of rotatable bonds is 7. The van der Waals surface area contributed by atoms with Crippen LogP contribution in [0.3, 0.4) is 0 Å². The van der Waals surface area contributed by atoms with E-state index in [0.29, 0.717) is 25.9 Å². The number of aliphatic hydroxyl groups excluding tert-OH is 1. The number of para-hydroxylation sites is 1. The largest absolute Gasteiger partial charge is 0.393 e. The lowest BCUT2D eigenvalue weighted by Gasteiger charge is -2.13. The van der Waals surface area contributed by atoms with Crippen molar-refractivity contribution in [3.05, 3.63) is 42.5 Å². The monoisotopic (exact) mass is 303 g/mol. The first-order valence-corrected chi connectivity index (χ1v) is 7.32. The van der Waals surface area contributed by atoms with Crippen molar-refractivity contribution < 1.29 is 9.90 Å². The van der Waals surface area contributed by atoms with E-state index < -0.39 is 0 Å². The quantitative estimate of drug-likeness (QED) is 0.724. The second-order valence-electron chi connectivity index (χ2n) is 4.98. The van der Waals surface area contributed by atoms with Crippen LogP contribution in [0.2, 0.25) is 0 Å². The summed E-state index contributed by atoms with van der Waals surface area (Å²) in [5.41, 5.74) is 1.67. The Hall–Kier alpha value is -2.41. The first-order chi connectivity index (χ1) is 10.7. The average Bonchev–Trinajstić information content (AvgIpc) is 3.02. The Labute approximate surface area is 129 Å². The van der Waals surface area contributed by atoms with Crippen molar-refractivity contribution in [1.29, 1.82) is 0 Å². The molecule has 0 aliphatic rings. The zero-order valence-electron chi connectivity index (χ0n) is 12.6. The molecule has 0 saturated heterocycles. The maximum atomic E-state index is 11.9. The summed E-state index contributed by atoms with van der Waals surface area (Å²) in [6.45, 7) is 2.88. The molecule has 0 bridgehead atoms. The van der Waals surface area contributed by atoms with Gasteiger partial charge in [0.15, 0.2) is 0 Å². The number of amides is 2. The molecular formula is C15H21N5O2. The highest BCUT2D eigenvalue weighted by molar-refractivity contribution is 5.90. The number of hydrogen-bond acceptors (Lipinski definition) is 4. The molecule has 0 aliphatic heterocycles. The molecule has 0 aliphatic carbocycles. The van der Waals surface area contributed by atoms with Gasteiger partial charge in [-0.25, -0.2) is 14.5 Å². The first-order valence-electron chi connectivity index (χ1n) is 7.32. The van der Waals surface area contributed by atoms with Gasteiger partial charge in [0.05, 0.1) is 12.6 Å². The fraction of sp³-hybridized carbons (Fsp3) is 0.400. The number of hydrogen-bond donors (Lipinski definition) is 3. The fourth-order valence-corrected chi connectivity index (χ4v) is 1.99. The van der Waals surface area contributed by atoms with Crippen LogP contribution >= 0.6 is 0 Å². The summed E-state index contributed by atoms with van der Waals surface area (Å²) < 4.78 is 1.69. The Morgan fingerprint density at radius 2 is 2.23 bits per heavy atom. The van der Waals surface area contributed by atoms with E-state index in [0.717, 1.165) is 11.3 Å². The molecule has 0 fully saturated rings. The zero-order chi connectivity index (χ0) is 15.8. The van der Waals surface area contributed by atoms with Gasteiger partial charge in [-0.3, -0.25) is 0 Å². The van der Waals surface area contributed by atoms with Gasteiger partial charge in [-0.1, -0.05) is 25.1 Å². The van der Waals surface area contributed by atoms with Crippen LogP contribution in [0.25, 0.3) is 0 Å². The molecule has 3 N–H and O–H groups in total. The number of aromatic nitrogens is 3. The van der Waals surface area contributed by atoms with Gasteiger partial charge in [0, 0.05) is 12.2 Å². The Balaban J connectivity index is 1.90. The molecule has 0 saturated carbocycles. The Kier molecular flexibility index (Phi) is 5.91. The molecule has 22 heavy (non-hydrogen) atoms. The molecule has 2 aromatic rings. The molecule has 2 amide bonds. The van der Waals surface area contributed by atoms with Gasteiger partial charge in [-0.05, 0) is 24.5 Å². The molecule has 7 nitrogen and oxygen atoms in total. The van der Waals surface area contributed by atoms with Crippen LogP contribution in [0, 0.1) is 0 Å². The van der Waals surface area contributed by atoms with Crippen molar-refractivity contribution in [2.45, 2.75) is 32.4 Å². The minimum Gasteiger partial charge on any atom is -0.393 e. The number of aliphatic hydroxyl groups is 1. The second-order valence-corrected chi connectivity index (χ2v) is 4.98. The summed E-state index contributed by atoms with van der Waals surface area (Å²) in [5.74, 6) is 0. The number of carbonyl (C=O) groups excluding carboxylic acids is 1. The van der Waals surface area contributed by atoms with Crippen molar-refractivity contribution in [2.75, 3.05) is 11.9 Å². The van der Waals surface area contributed by atoms with Crippen LogP contribution in [0.5, 0.6) is 0 Å². The lowest BCUT2D eigenvalue weighted by atomic mass is 10.2. The van der Waals surface area contributed by atoms with Crippen LogP contribution < -0.4 is 10.6 Å². The first kappa shape index (κ1) is 16.0. The summed E-state index contributed by atoms with van der Waals surface area (Å²) in [6.07, 6.45) is 3.96. The van der Waals surface area contributed by atoms with E-state index >= 15 is 0 Å². The third kappa shape index (κ3) is 4.85. The Morgan fingerprint density at radius 1 is 1.41 bits per heavy atom. The van der Waals surface area contributed by atoms with Crippen LogP contribution in [-0.2, 0) is 6.54 Å². The number of anilines is 1. The van der Waals surface area contributed by atoms with Crippen molar-refractivity contribution in [1.82, 2.24) is 20.1 Å². The molecule has 0 spiro atoms. The molecule has 1 unspecified atom stereocenters. The number of carbonyl (C=O) groups is 1. The minimum absolute atomic E-state index is 0.283. The van der Waals surface area contributed by atoms with Gasteiger partial charge in [0.2, 0.25) is 0 Å². The maximum absolute atomic E-state index is 11.9. The highest BCUT2D eigenvalue weighted by Crippen LogP contribution is 2.15. The predicted molar refractivity (Wildman–Crippen MR) is 83.5 cm³/mol. The van der Waals surface area contributed by atoms with E-state index in [9.17, 15) is 9.90 Å². The van der Waals surface area contributed by atoms with Gasteiger partial charge in [0.25, 0.3) is 0 Å². The van der Waals surface area contributed by atoms with Crippen molar-refractivity contribution in [2.24, 2.45) is 0 Å². The van der Waals surface area contributed by atoms with E-state index in [4.69, 9.17) is 0 Å². The zero-order valence-corrected chi connectivity index (χ0v) is 12.6. The average molecular weight is 303 g/mol. The highest BCUT2D eigenvalue weighted by Gasteiger charge is 2.08. The molecule has 0 radical (unpaired) electrons. The van der Waals surface area contributed by atoms with Gasteiger partial charge in [-0.15, -0.1) is 0 Å². The van der Waals surface area contributed by atoms with Crippen LogP contribution in [0.4, 0.5) is 10.5 Å². The summed E-state index contributed by atoms with van der Waals surface area (Å²) in [6, 6.07) is 7.26. The van der Waals surface area contributed by atoms with Gasteiger partial charge >= 0.3 is 6.03 Å². The standard InChI is InChI=1S/C15H21N5O2/c1-2-13(21)7-8-17-15(22)19-14-6-4-3-5-12(14)9-20-11-16-10-18-20/h3-6,10-11,13,21H,2,7-9H2,1H3,(H2,17,19,22). The summed E-state index contributed by atoms with van der Waals surface area (Å²) in [4.78, 5) is 15.8. The van der Waals surface area contributed by atoms with E-state index in [1.54, 1.807) is 11.0 Å². The smallest absolute Gasteiger partial charge is 0.319 e. The summed E-state index contributed by atoms with van der Waals surface area (Å²) >= 11 is 0. The molecule has 1 heterocycles. The molecule has 1 atom stereocenters. The van der Waals surface area contributed by atoms with E-state index in [2.05, 4.69) is 20.7 Å². The molecule has 118 valence electrons. The van der Waals surface area contributed by atoms with Crippen molar-refractivity contribution in [3.8, 4) is 0 Å².